The summed E-state index contributed by atoms with van der Waals surface area (Å²) in [7, 11) is -3.99. The first-order valence-corrected chi connectivity index (χ1v) is 8.48. The molecule has 1 N–H and O–H groups in total. The number of sulfonamides is 1. The van der Waals surface area contributed by atoms with Crippen molar-refractivity contribution in [2.75, 3.05) is 6.54 Å². The van der Waals surface area contributed by atoms with Gasteiger partial charge in [0.1, 0.15) is 10.7 Å². The molecule has 1 aromatic carbocycles. The van der Waals surface area contributed by atoms with Crippen LogP contribution in [0.15, 0.2) is 17.0 Å². The lowest BCUT2D eigenvalue weighted by atomic mass is 10.2. The molecule has 0 bridgehead atoms. The molecule has 0 amide bonds. The minimum atomic E-state index is -3.99. The fraction of sp³-hybridized carbons (Fsp3) is 0.571. The van der Waals surface area contributed by atoms with E-state index in [1.807, 2.05) is 0 Å². The van der Waals surface area contributed by atoms with Crippen LogP contribution >= 0.6 is 0 Å². The molecule has 2 aliphatic rings. The number of rotatable bonds is 6. The topological polar surface area (TPSA) is 57.6 Å². The maximum atomic E-state index is 14.2. The molecule has 0 aromatic heterocycles. The lowest BCUT2D eigenvalue weighted by Crippen LogP contribution is -2.35. The number of hydrogen-bond donors (Lipinski definition) is 1. The summed E-state index contributed by atoms with van der Waals surface area (Å²) in [5, 5.41) is 9.02. The van der Waals surface area contributed by atoms with Gasteiger partial charge in [0, 0.05) is 12.6 Å². The van der Waals surface area contributed by atoms with Gasteiger partial charge in [-0.3, -0.25) is 0 Å². The highest BCUT2D eigenvalue weighted by molar-refractivity contribution is 7.89. The van der Waals surface area contributed by atoms with Crippen molar-refractivity contribution in [3.63, 3.8) is 0 Å². The number of aliphatic hydroxyl groups is 1. The van der Waals surface area contributed by atoms with Crippen molar-refractivity contribution in [2.45, 2.75) is 43.2 Å². The zero-order valence-electron chi connectivity index (χ0n) is 11.4. The van der Waals surface area contributed by atoms with Gasteiger partial charge in [0.05, 0.1) is 12.2 Å². The van der Waals surface area contributed by atoms with E-state index in [4.69, 9.17) is 5.11 Å². The number of hydrogen-bond acceptors (Lipinski definition) is 3. The second kappa shape index (κ2) is 5.30. The minimum absolute atomic E-state index is 0.0716. The van der Waals surface area contributed by atoms with E-state index < -0.39 is 38.7 Å². The van der Waals surface area contributed by atoms with E-state index in [0.29, 0.717) is 12.5 Å². The average molecular weight is 317 g/mol. The number of halogens is 2. The van der Waals surface area contributed by atoms with Crippen LogP contribution < -0.4 is 0 Å². The summed E-state index contributed by atoms with van der Waals surface area (Å²) in [5.41, 5.74) is -0.599. The molecule has 2 fully saturated rings. The molecule has 116 valence electrons. The van der Waals surface area contributed by atoms with Crippen molar-refractivity contribution in [3.8, 4) is 0 Å². The van der Waals surface area contributed by atoms with E-state index in [0.717, 1.165) is 37.8 Å². The first kappa shape index (κ1) is 14.9. The van der Waals surface area contributed by atoms with Gasteiger partial charge in [-0.25, -0.2) is 17.2 Å². The molecule has 0 radical (unpaired) electrons. The first-order chi connectivity index (χ1) is 9.95. The molecule has 7 heteroatoms. The van der Waals surface area contributed by atoms with E-state index in [1.54, 1.807) is 0 Å². The van der Waals surface area contributed by atoms with E-state index in [-0.39, 0.29) is 6.04 Å². The summed E-state index contributed by atoms with van der Waals surface area (Å²) >= 11 is 0. The predicted octanol–water partition coefficient (Wildman–Crippen LogP) is 2.02. The van der Waals surface area contributed by atoms with Crippen LogP contribution in [0.1, 0.15) is 31.2 Å². The van der Waals surface area contributed by atoms with Crippen LogP contribution in [0.4, 0.5) is 8.78 Å². The van der Waals surface area contributed by atoms with Crippen molar-refractivity contribution in [3.05, 3.63) is 29.3 Å². The van der Waals surface area contributed by atoms with Crippen LogP contribution in [0.3, 0.4) is 0 Å². The summed E-state index contributed by atoms with van der Waals surface area (Å²) in [6.45, 7) is -0.467. The Morgan fingerprint density at radius 3 is 2.38 bits per heavy atom. The largest absolute Gasteiger partial charge is 0.391 e. The summed E-state index contributed by atoms with van der Waals surface area (Å²) < 4.78 is 54.3. The third-order valence-corrected chi connectivity index (χ3v) is 5.92. The molecular formula is C14H17F2NO3S. The van der Waals surface area contributed by atoms with Crippen LogP contribution in [-0.4, -0.2) is 30.4 Å². The molecule has 0 unspecified atom stereocenters. The molecule has 0 heterocycles. The number of benzene rings is 1. The van der Waals surface area contributed by atoms with Crippen molar-refractivity contribution >= 4 is 10.0 Å². The molecule has 1 aromatic rings. The van der Waals surface area contributed by atoms with Crippen LogP contribution in [0.2, 0.25) is 0 Å². The molecule has 0 spiro atoms. The quantitative estimate of drug-likeness (QED) is 0.873. The first-order valence-electron chi connectivity index (χ1n) is 7.04. The molecule has 3 rings (SSSR count). The number of nitrogens with zero attached hydrogens (tertiary/aromatic N) is 1. The van der Waals surface area contributed by atoms with Gasteiger partial charge >= 0.3 is 0 Å². The second-order valence-corrected chi connectivity index (χ2v) is 7.60. The van der Waals surface area contributed by atoms with Gasteiger partial charge in [-0.2, -0.15) is 4.31 Å². The predicted molar refractivity (Wildman–Crippen MR) is 71.9 cm³/mol. The molecule has 2 aliphatic carbocycles. The van der Waals surface area contributed by atoms with E-state index in [9.17, 15) is 17.2 Å². The van der Waals surface area contributed by atoms with Crippen LogP contribution in [0, 0.1) is 17.6 Å². The standard InChI is InChI=1S/C14H17F2NO3S/c15-12-5-6-13(14(16)11(12)8-18)21(19,20)17(10-3-4-10)7-9-1-2-9/h5-6,9-10,18H,1-4,7-8H2. The number of aliphatic hydroxyl groups excluding tert-OH is 1. The van der Waals surface area contributed by atoms with Gasteiger partial charge in [-0.05, 0) is 43.7 Å². The summed E-state index contributed by atoms with van der Waals surface area (Å²) in [4.78, 5) is -0.541. The highest BCUT2D eigenvalue weighted by Gasteiger charge is 2.42. The molecule has 2 saturated carbocycles. The fourth-order valence-electron chi connectivity index (χ4n) is 2.41. The molecular weight excluding hydrogens is 300 g/mol. The average Bonchev–Trinajstić information content (AvgIpc) is 3.29. The summed E-state index contributed by atoms with van der Waals surface area (Å²) in [6.07, 6.45) is 3.54. The van der Waals surface area contributed by atoms with Crippen molar-refractivity contribution in [2.24, 2.45) is 5.92 Å². The zero-order valence-corrected chi connectivity index (χ0v) is 12.2. The van der Waals surface area contributed by atoms with Crippen LogP contribution in [-0.2, 0) is 16.6 Å². The van der Waals surface area contributed by atoms with E-state index >= 15 is 0 Å². The van der Waals surface area contributed by atoms with Crippen molar-refractivity contribution in [1.29, 1.82) is 0 Å². The highest BCUT2D eigenvalue weighted by atomic mass is 32.2. The highest BCUT2D eigenvalue weighted by Crippen LogP contribution is 2.38. The summed E-state index contributed by atoms with van der Waals surface area (Å²) in [6, 6.07) is 1.77. The Balaban J connectivity index is 2.00. The van der Waals surface area contributed by atoms with Gasteiger partial charge in [0.15, 0.2) is 5.82 Å². The van der Waals surface area contributed by atoms with E-state index in [1.165, 1.54) is 4.31 Å². The Kier molecular flexibility index (Phi) is 3.75. The maximum Gasteiger partial charge on any atom is 0.246 e. The van der Waals surface area contributed by atoms with Gasteiger partial charge in [-0.1, -0.05) is 0 Å². The Bertz CT molecular complexity index is 654. The molecule has 0 atom stereocenters. The zero-order chi connectivity index (χ0) is 15.2. The smallest absolute Gasteiger partial charge is 0.246 e. The SMILES string of the molecule is O=S(=O)(c1ccc(F)c(CO)c1F)N(CC1CC1)C1CC1. The van der Waals surface area contributed by atoms with Crippen LogP contribution in [0.25, 0.3) is 0 Å². The third-order valence-electron chi connectivity index (χ3n) is 3.98. The lowest BCUT2D eigenvalue weighted by Gasteiger charge is -2.22. The Morgan fingerprint density at radius 1 is 1.19 bits per heavy atom. The van der Waals surface area contributed by atoms with E-state index in [2.05, 4.69) is 0 Å². The van der Waals surface area contributed by atoms with Gasteiger partial charge in [-0.15, -0.1) is 0 Å². The Hall–Kier alpha value is -1.05. The fourth-order valence-corrected chi connectivity index (χ4v) is 4.26. The molecule has 0 saturated heterocycles. The van der Waals surface area contributed by atoms with Crippen molar-refractivity contribution in [1.82, 2.24) is 4.31 Å². The van der Waals surface area contributed by atoms with Crippen LogP contribution in [0.5, 0.6) is 0 Å². The van der Waals surface area contributed by atoms with Gasteiger partial charge in [0.2, 0.25) is 10.0 Å². The van der Waals surface area contributed by atoms with Gasteiger partial charge < -0.3 is 5.11 Å². The Morgan fingerprint density at radius 2 is 1.86 bits per heavy atom. The Labute approximate surface area is 122 Å². The van der Waals surface area contributed by atoms with Gasteiger partial charge in [0.25, 0.3) is 0 Å². The summed E-state index contributed by atoms with van der Waals surface area (Å²) in [5.74, 6) is -1.77. The monoisotopic (exact) mass is 317 g/mol. The minimum Gasteiger partial charge on any atom is -0.391 e. The maximum absolute atomic E-state index is 14.2. The lowest BCUT2D eigenvalue weighted by molar-refractivity contribution is 0.267. The third kappa shape index (κ3) is 2.82. The second-order valence-electron chi connectivity index (χ2n) is 5.75. The van der Waals surface area contributed by atoms with Crippen molar-refractivity contribution < 1.29 is 22.3 Å². The normalized spacial score (nSPS) is 19.2. The molecule has 21 heavy (non-hydrogen) atoms. The molecule has 0 aliphatic heterocycles. The molecule has 4 nitrogen and oxygen atoms in total.